The first-order valence-corrected chi connectivity index (χ1v) is 8.68. The van der Waals surface area contributed by atoms with E-state index in [0.29, 0.717) is 6.04 Å². The zero-order valence-electron chi connectivity index (χ0n) is 13.5. The molecule has 2 atom stereocenters. The molecule has 1 aromatic heterocycles. The van der Waals surface area contributed by atoms with Gasteiger partial charge in [0.05, 0.1) is 11.9 Å². The maximum absolute atomic E-state index is 4.67. The van der Waals surface area contributed by atoms with Crippen molar-refractivity contribution in [1.29, 1.82) is 0 Å². The molecule has 3 heteroatoms. The molecule has 1 saturated heterocycles. The van der Waals surface area contributed by atoms with E-state index in [4.69, 9.17) is 0 Å². The summed E-state index contributed by atoms with van der Waals surface area (Å²) >= 11 is 0. The summed E-state index contributed by atoms with van der Waals surface area (Å²) in [7, 11) is 0. The van der Waals surface area contributed by atoms with Gasteiger partial charge in [0.15, 0.2) is 0 Å². The van der Waals surface area contributed by atoms with E-state index in [2.05, 4.69) is 41.2 Å². The molecule has 2 heterocycles. The lowest BCUT2D eigenvalue weighted by atomic mass is 9.80. The highest BCUT2D eigenvalue weighted by molar-refractivity contribution is 5.49. The first-order chi connectivity index (χ1) is 10.2. The average Bonchev–Trinajstić information content (AvgIpc) is 2.48. The van der Waals surface area contributed by atoms with Crippen molar-refractivity contribution in [3.05, 3.63) is 18.3 Å². The summed E-state index contributed by atoms with van der Waals surface area (Å²) in [5.74, 6) is 2.82. The Kier molecular flexibility index (Phi) is 4.67. The molecule has 0 radical (unpaired) electrons. The Labute approximate surface area is 129 Å². The number of hydrogen-bond donors (Lipinski definition) is 1. The van der Waals surface area contributed by atoms with E-state index in [1.165, 1.54) is 44.2 Å². The molecule has 1 aliphatic heterocycles. The number of nitrogens with one attached hydrogen (secondary N) is 1. The van der Waals surface area contributed by atoms with Crippen LogP contribution in [0.1, 0.15) is 52.4 Å². The lowest BCUT2D eigenvalue weighted by molar-refractivity contribution is 0.281. The molecule has 3 nitrogen and oxygen atoms in total. The lowest BCUT2D eigenvalue weighted by Crippen LogP contribution is -2.31. The van der Waals surface area contributed by atoms with E-state index in [-0.39, 0.29) is 0 Å². The number of pyridine rings is 1. The standard InChI is InChI=1S/C18H29N3/c1-14-10-15(2)12-17(11-14)20-16-6-7-18(19-13-16)21-8-4-3-5-9-21/h6-7,13-15,17,20H,3-5,8-12H2,1-2H3. The van der Waals surface area contributed by atoms with Crippen LogP contribution in [0, 0.1) is 11.8 Å². The summed E-state index contributed by atoms with van der Waals surface area (Å²) in [5.41, 5.74) is 1.18. The molecule has 0 bridgehead atoms. The molecule has 2 aliphatic rings. The second-order valence-electron chi connectivity index (χ2n) is 7.21. The summed E-state index contributed by atoms with van der Waals surface area (Å²) in [5, 5.41) is 3.69. The van der Waals surface area contributed by atoms with Crippen molar-refractivity contribution in [3.8, 4) is 0 Å². The molecule has 3 rings (SSSR count). The van der Waals surface area contributed by atoms with Gasteiger partial charge in [-0.25, -0.2) is 4.98 Å². The third-order valence-corrected chi connectivity index (χ3v) is 4.98. The summed E-state index contributed by atoms with van der Waals surface area (Å²) in [6.45, 7) is 7.08. The van der Waals surface area contributed by atoms with Crippen molar-refractivity contribution >= 4 is 11.5 Å². The normalized spacial score (nSPS) is 30.2. The maximum Gasteiger partial charge on any atom is 0.128 e. The Morgan fingerprint density at radius 3 is 2.33 bits per heavy atom. The van der Waals surface area contributed by atoms with Crippen molar-refractivity contribution in [2.24, 2.45) is 11.8 Å². The van der Waals surface area contributed by atoms with Crippen molar-refractivity contribution in [3.63, 3.8) is 0 Å². The predicted octanol–water partition coefficient (Wildman–Crippen LogP) is 4.31. The molecule has 1 aliphatic carbocycles. The second kappa shape index (κ2) is 6.67. The first-order valence-electron chi connectivity index (χ1n) is 8.68. The van der Waals surface area contributed by atoms with Crippen LogP contribution in [0.3, 0.4) is 0 Å². The van der Waals surface area contributed by atoms with Crippen LogP contribution in [-0.4, -0.2) is 24.1 Å². The molecule has 2 fully saturated rings. The molecule has 21 heavy (non-hydrogen) atoms. The second-order valence-corrected chi connectivity index (χ2v) is 7.21. The summed E-state index contributed by atoms with van der Waals surface area (Å²) in [4.78, 5) is 7.08. The van der Waals surface area contributed by atoms with Gasteiger partial charge in [-0.05, 0) is 62.5 Å². The van der Waals surface area contributed by atoms with Gasteiger partial charge in [0, 0.05) is 19.1 Å². The van der Waals surface area contributed by atoms with Gasteiger partial charge in [0.2, 0.25) is 0 Å². The van der Waals surface area contributed by atoms with E-state index in [1.807, 2.05) is 6.20 Å². The predicted molar refractivity (Wildman–Crippen MR) is 89.9 cm³/mol. The Hall–Kier alpha value is -1.25. The fraction of sp³-hybridized carbons (Fsp3) is 0.722. The summed E-state index contributed by atoms with van der Waals surface area (Å²) in [6, 6.07) is 5.01. The third-order valence-electron chi connectivity index (χ3n) is 4.98. The van der Waals surface area contributed by atoms with E-state index in [1.54, 1.807) is 0 Å². The molecule has 0 aromatic carbocycles. The molecular weight excluding hydrogens is 258 g/mol. The minimum absolute atomic E-state index is 0.617. The first kappa shape index (κ1) is 14.7. The molecule has 2 unspecified atom stereocenters. The summed E-state index contributed by atoms with van der Waals surface area (Å²) < 4.78 is 0. The molecule has 0 spiro atoms. The third kappa shape index (κ3) is 3.90. The zero-order chi connectivity index (χ0) is 14.7. The number of aromatic nitrogens is 1. The van der Waals surface area contributed by atoms with Crippen molar-refractivity contribution in [2.75, 3.05) is 23.3 Å². The highest BCUT2D eigenvalue weighted by Crippen LogP contribution is 2.30. The number of hydrogen-bond acceptors (Lipinski definition) is 3. The molecule has 1 N–H and O–H groups in total. The van der Waals surface area contributed by atoms with Crippen molar-refractivity contribution in [2.45, 2.75) is 58.4 Å². The van der Waals surface area contributed by atoms with Crippen molar-refractivity contribution < 1.29 is 0 Å². The topological polar surface area (TPSA) is 28.2 Å². The Bertz CT molecular complexity index is 426. The van der Waals surface area contributed by atoms with Gasteiger partial charge in [-0.2, -0.15) is 0 Å². The fourth-order valence-electron chi connectivity index (χ4n) is 4.08. The minimum atomic E-state index is 0.617. The Morgan fingerprint density at radius 2 is 1.71 bits per heavy atom. The zero-order valence-corrected chi connectivity index (χ0v) is 13.5. The van der Waals surface area contributed by atoms with Gasteiger partial charge in [-0.15, -0.1) is 0 Å². The van der Waals surface area contributed by atoms with Crippen LogP contribution in [-0.2, 0) is 0 Å². The molecule has 1 saturated carbocycles. The lowest BCUT2D eigenvalue weighted by Gasteiger charge is -2.32. The van der Waals surface area contributed by atoms with Gasteiger partial charge < -0.3 is 10.2 Å². The van der Waals surface area contributed by atoms with Gasteiger partial charge in [-0.3, -0.25) is 0 Å². The van der Waals surface area contributed by atoms with Gasteiger partial charge >= 0.3 is 0 Å². The SMILES string of the molecule is CC1CC(C)CC(Nc2ccc(N3CCCCC3)nc2)C1. The van der Waals surface area contributed by atoms with E-state index >= 15 is 0 Å². The van der Waals surface area contributed by atoms with E-state index in [9.17, 15) is 0 Å². The summed E-state index contributed by atoms with van der Waals surface area (Å²) in [6.07, 6.45) is 9.96. The van der Waals surface area contributed by atoms with Crippen LogP contribution in [0.25, 0.3) is 0 Å². The Balaban J connectivity index is 1.59. The minimum Gasteiger partial charge on any atom is -0.381 e. The largest absolute Gasteiger partial charge is 0.381 e. The number of anilines is 2. The smallest absolute Gasteiger partial charge is 0.128 e. The van der Waals surface area contributed by atoms with Crippen LogP contribution in [0.2, 0.25) is 0 Å². The monoisotopic (exact) mass is 287 g/mol. The van der Waals surface area contributed by atoms with Crippen LogP contribution < -0.4 is 10.2 Å². The fourth-order valence-corrected chi connectivity index (χ4v) is 4.08. The number of piperidine rings is 1. The quantitative estimate of drug-likeness (QED) is 0.898. The van der Waals surface area contributed by atoms with Crippen LogP contribution >= 0.6 is 0 Å². The van der Waals surface area contributed by atoms with Crippen LogP contribution in [0.4, 0.5) is 11.5 Å². The molecule has 1 aromatic rings. The highest BCUT2D eigenvalue weighted by Gasteiger charge is 2.23. The number of rotatable bonds is 3. The maximum atomic E-state index is 4.67. The highest BCUT2D eigenvalue weighted by atomic mass is 15.2. The van der Waals surface area contributed by atoms with Gasteiger partial charge in [0.25, 0.3) is 0 Å². The van der Waals surface area contributed by atoms with Gasteiger partial charge in [0.1, 0.15) is 5.82 Å². The molecule has 116 valence electrons. The Morgan fingerprint density at radius 1 is 1.00 bits per heavy atom. The van der Waals surface area contributed by atoms with Gasteiger partial charge in [-0.1, -0.05) is 13.8 Å². The molecule has 0 amide bonds. The van der Waals surface area contributed by atoms with Crippen LogP contribution in [0.15, 0.2) is 18.3 Å². The van der Waals surface area contributed by atoms with Crippen molar-refractivity contribution in [1.82, 2.24) is 4.98 Å². The van der Waals surface area contributed by atoms with Crippen LogP contribution in [0.5, 0.6) is 0 Å². The number of nitrogens with zero attached hydrogens (tertiary/aromatic N) is 2. The van der Waals surface area contributed by atoms with E-state index < -0.39 is 0 Å². The average molecular weight is 287 g/mol. The van der Waals surface area contributed by atoms with E-state index in [0.717, 1.165) is 30.7 Å². The molecular formula is C18H29N3.